The van der Waals surface area contributed by atoms with E-state index in [0.29, 0.717) is 0 Å². The number of hydrogen-bond donors (Lipinski definition) is 0. The molecule has 0 unspecified atom stereocenters. The summed E-state index contributed by atoms with van der Waals surface area (Å²) in [6.07, 6.45) is 0. The average Bonchev–Trinajstić information content (AvgIpc) is 2.99. The van der Waals surface area contributed by atoms with Crippen molar-refractivity contribution >= 4 is 47.0 Å². The van der Waals surface area contributed by atoms with E-state index in [1.807, 2.05) is 0 Å². The molecule has 0 aliphatic carbocycles. The number of hydrogen-bond acceptors (Lipinski definition) is 0. The van der Waals surface area contributed by atoms with Crippen LogP contribution in [-0.2, 0) is 0 Å². The standard InChI is InChI=1S/C30H25F6P3/c31-37(32,26-16-6-1-7-17-26,27-18-8-2-9-19-27)39(35,36,30-24-14-5-15-25-30)38(33,34,28-20-10-3-11-21-28)29-22-12-4-13-23-29/h1-25H. The zero-order chi connectivity index (χ0) is 27.9. The maximum atomic E-state index is 18.9. The van der Waals surface area contributed by atoms with Crippen molar-refractivity contribution < 1.29 is 25.2 Å². The van der Waals surface area contributed by atoms with E-state index in [1.54, 1.807) is 0 Å². The fraction of sp³-hybridized carbons (Fsp3) is 0. The molecule has 0 aliphatic heterocycles. The van der Waals surface area contributed by atoms with Gasteiger partial charge in [0, 0.05) is 0 Å². The van der Waals surface area contributed by atoms with Gasteiger partial charge in [-0.1, -0.05) is 0 Å². The molecular formula is C30H25F6P3. The summed E-state index contributed by atoms with van der Waals surface area (Å²) in [6.45, 7) is -25.1. The molecule has 5 aromatic carbocycles. The van der Waals surface area contributed by atoms with Crippen molar-refractivity contribution in [3.63, 3.8) is 0 Å². The van der Waals surface area contributed by atoms with Gasteiger partial charge in [-0.3, -0.25) is 0 Å². The predicted molar refractivity (Wildman–Crippen MR) is 158 cm³/mol. The molecule has 0 heterocycles. The van der Waals surface area contributed by atoms with Gasteiger partial charge in [-0.15, -0.1) is 0 Å². The molecule has 0 spiro atoms. The fourth-order valence-electron chi connectivity index (χ4n) is 5.17. The Morgan fingerprint density at radius 1 is 0.256 bits per heavy atom. The maximum absolute atomic E-state index is 18.9. The van der Waals surface area contributed by atoms with Crippen LogP contribution in [0.1, 0.15) is 0 Å². The van der Waals surface area contributed by atoms with Gasteiger partial charge in [0.2, 0.25) is 0 Å². The molecule has 0 atom stereocenters. The average molecular weight is 592 g/mol. The van der Waals surface area contributed by atoms with Crippen molar-refractivity contribution in [3.8, 4) is 0 Å². The minimum atomic E-state index is -8.80. The third-order valence-corrected chi connectivity index (χ3v) is 32.4. The minimum absolute atomic E-state index is 0.747. The van der Waals surface area contributed by atoms with Crippen molar-refractivity contribution in [3.05, 3.63) is 152 Å². The van der Waals surface area contributed by atoms with Crippen LogP contribution in [0.4, 0.5) is 25.2 Å². The molecule has 0 amide bonds. The van der Waals surface area contributed by atoms with Gasteiger partial charge in [0.15, 0.2) is 0 Å². The molecule has 202 valence electrons. The van der Waals surface area contributed by atoms with Crippen LogP contribution in [0.2, 0.25) is 0 Å². The summed E-state index contributed by atoms with van der Waals surface area (Å²) < 4.78 is 112. The van der Waals surface area contributed by atoms with Gasteiger partial charge in [-0.2, -0.15) is 0 Å². The zero-order valence-electron chi connectivity index (χ0n) is 20.5. The Hall–Kier alpha value is -3.03. The predicted octanol–water partition coefficient (Wildman–Crippen LogP) is 9.41. The Kier molecular flexibility index (Phi) is 6.35. The summed E-state index contributed by atoms with van der Waals surface area (Å²) in [6, 6.07) is 27.1. The van der Waals surface area contributed by atoms with E-state index in [4.69, 9.17) is 0 Å². The van der Waals surface area contributed by atoms with Gasteiger partial charge in [-0.05, 0) is 0 Å². The van der Waals surface area contributed by atoms with E-state index in [9.17, 15) is 0 Å². The molecule has 0 fully saturated rings. The van der Waals surface area contributed by atoms with E-state index in [1.165, 1.54) is 78.9 Å². The molecule has 5 rings (SSSR count). The van der Waals surface area contributed by atoms with Crippen molar-refractivity contribution in [2.24, 2.45) is 0 Å². The Balaban J connectivity index is 2.15. The van der Waals surface area contributed by atoms with Crippen molar-refractivity contribution in [1.29, 1.82) is 0 Å². The summed E-state index contributed by atoms with van der Waals surface area (Å²) >= 11 is 0. The van der Waals surface area contributed by atoms with Crippen molar-refractivity contribution in [2.45, 2.75) is 0 Å². The normalized spacial score (nSPS) is 15.6. The molecule has 0 radical (unpaired) electrons. The van der Waals surface area contributed by atoms with Crippen molar-refractivity contribution in [2.75, 3.05) is 0 Å². The van der Waals surface area contributed by atoms with E-state index in [-0.39, 0.29) is 0 Å². The first-order chi connectivity index (χ1) is 18.5. The molecule has 0 aromatic heterocycles. The number of rotatable bonds is 7. The van der Waals surface area contributed by atoms with Gasteiger partial charge in [0.1, 0.15) is 0 Å². The Morgan fingerprint density at radius 3 is 0.641 bits per heavy atom. The Morgan fingerprint density at radius 2 is 0.436 bits per heavy atom. The molecule has 9 heteroatoms. The first-order valence-corrected chi connectivity index (χ1v) is 19.6. The topological polar surface area (TPSA) is 0 Å². The van der Waals surface area contributed by atoms with Gasteiger partial charge >= 0.3 is 224 Å². The Labute approximate surface area is 223 Å². The summed E-state index contributed by atoms with van der Waals surface area (Å²) in [5, 5.41) is -5.60. The van der Waals surface area contributed by atoms with Crippen LogP contribution in [0.15, 0.2) is 152 Å². The zero-order valence-corrected chi connectivity index (χ0v) is 23.2. The van der Waals surface area contributed by atoms with Crippen LogP contribution in [0.5, 0.6) is 0 Å². The second kappa shape index (κ2) is 9.00. The summed E-state index contributed by atoms with van der Waals surface area (Å²) in [5.41, 5.74) is 0. The second-order valence-electron chi connectivity index (χ2n) is 9.23. The van der Waals surface area contributed by atoms with Crippen LogP contribution in [0, 0.1) is 0 Å². The monoisotopic (exact) mass is 592 g/mol. The van der Waals surface area contributed by atoms with Crippen LogP contribution >= 0.6 is 20.4 Å². The van der Waals surface area contributed by atoms with E-state index in [2.05, 4.69) is 0 Å². The van der Waals surface area contributed by atoms with E-state index >= 15 is 25.2 Å². The molecule has 5 aromatic rings. The first-order valence-electron chi connectivity index (χ1n) is 12.1. The van der Waals surface area contributed by atoms with E-state index < -0.39 is 47.0 Å². The third-order valence-electron chi connectivity index (χ3n) is 7.16. The van der Waals surface area contributed by atoms with Crippen LogP contribution in [-0.4, -0.2) is 0 Å². The first kappa shape index (κ1) is 27.5. The van der Waals surface area contributed by atoms with Crippen molar-refractivity contribution in [1.82, 2.24) is 0 Å². The van der Waals surface area contributed by atoms with Gasteiger partial charge in [0.05, 0.1) is 0 Å². The molecule has 0 nitrogen and oxygen atoms in total. The van der Waals surface area contributed by atoms with Gasteiger partial charge in [-0.25, -0.2) is 0 Å². The molecule has 39 heavy (non-hydrogen) atoms. The third kappa shape index (κ3) is 3.20. The summed E-state index contributed by atoms with van der Waals surface area (Å²) in [7, 11) is 0. The molecule has 0 N–H and O–H groups in total. The molecule has 0 saturated heterocycles. The molecule has 0 saturated carbocycles. The van der Waals surface area contributed by atoms with Gasteiger partial charge in [0.25, 0.3) is 0 Å². The summed E-state index contributed by atoms with van der Waals surface area (Å²) in [5.74, 6) is 0. The number of benzene rings is 5. The summed E-state index contributed by atoms with van der Waals surface area (Å²) in [4.78, 5) is 0. The molecular weight excluding hydrogens is 567 g/mol. The fourth-order valence-corrected chi connectivity index (χ4v) is 32.0. The van der Waals surface area contributed by atoms with Gasteiger partial charge < -0.3 is 0 Å². The van der Waals surface area contributed by atoms with Crippen LogP contribution in [0.3, 0.4) is 0 Å². The SMILES string of the molecule is FP(F)(c1ccccc1)(c1ccccc1)P(F)(F)(c1ccccc1)P(F)(F)(c1ccccc1)c1ccccc1. The second-order valence-corrected chi connectivity index (χ2v) is 26.3. The number of halogens is 6. The van der Waals surface area contributed by atoms with Crippen LogP contribution in [0.25, 0.3) is 0 Å². The van der Waals surface area contributed by atoms with Crippen LogP contribution < -0.4 is 26.5 Å². The Bertz CT molecular complexity index is 1410. The van der Waals surface area contributed by atoms with E-state index in [0.717, 1.165) is 72.8 Å². The molecule has 0 bridgehead atoms. The quantitative estimate of drug-likeness (QED) is 0.131. The molecule has 0 aliphatic rings.